The number of anilines is 2. The van der Waals surface area contributed by atoms with Crippen LogP contribution in [-0.2, 0) is 13.0 Å². The first kappa shape index (κ1) is 14.4. The van der Waals surface area contributed by atoms with Crippen molar-refractivity contribution in [2.45, 2.75) is 33.7 Å². The molecule has 2 aromatic rings. The number of nitrogens with one attached hydrogen (secondary N) is 1. The van der Waals surface area contributed by atoms with Crippen LogP contribution in [0.4, 0.5) is 11.5 Å². The summed E-state index contributed by atoms with van der Waals surface area (Å²) in [7, 11) is 0. The van der Waals surface area contributed by atoms with Crippen molar-refractivity contribution in [1.29, 1.82) is 0 Å². The van der Waals surface area contributed by atoms with Gasteiger partial charge in [-0.1, -0.05) is 38.1 Å². The van der Waals surface area contributed by atoms with Gasteiger partial charge in [-0.2, -0.15) is 0 Å². The quantitative estimate of drug-likeness (QED) is 0.868. The fourth-order valence-corrected chi connectivity index (χ4v) is 2.13. The smallest absolute Gasteiger partial charge is 0.126 e. The van der Waals surface area contributed by atoms with Gasteiger partial charge in [0.2, 0.25) is 0 Å². The molecule has 3 N–H and O–H groups in total. The zero-order chi connectivity index (χ0) is 14.5. The molecule has 0 spiro atoms. The second-order valence-corrected chi connectivity index (χ2v) is 5.64. The first-order chi connectivity index (χ1) is 9.54. The van der Waals surface area contributed by atoms with Gasteiger partial charge < -0.3 is 11.1 Å². The second-order valence-electron chi connectivity index (χ2n) is 5.64. The number of aromatic nitrogens is 1. The number of nitrogens with zero attached hydrogens (tertiary/aromatic N) is 1. The Morgan fingerprint density at radius 3 is 2.30 bits per heavy atom. The van der Waals surface area contributed by atoms with Crippen molar-refractivity contribution in [1.82, 2.24) is 4.98 Å². The summed E-state index contributed by atoms with van der Waals surface area (Å²) in [5.74, 6) is 1.56. The van der Waals surface area contributed by atoms with Gasteiger partial charge in [-0.15, -0.1) is 0 Å². The fraction of sp³-hybridized carbons (Fsp3) is 0.353. The molecule has 1 heterocycles. The Morgan fingerprint density at radius 1 is 1.05 bits per heavy atom. The number of benzene rings is 1. The van der Waals surface area contributed by atoms with Crippen molar-refractivity contribution in [3.63, 3.8) is 0 Å². The monoisotopic (exact) mass is 269 g/mol. The number of hydrogen-bond donors (Lipinski definition) is 2. The van der Waals surface area contributed by atoms with E-state index in [0.717, 1.165) is 30.2 Å². The lowest BCUT2D eigenvalue weighted by Crippen LogP contribution is -2.03. The molecular formula is C17H23N3. The highest BCUT2D eigenvalue weighted by Gasteiger charge is 2.00. The van der Waals surface area contributed by atoms with Gasteiger partial charge in [0.15, 0.2) is 0 Å². The first-order valence-corrected chi connectivity index (χ1v) is 7.09. The molecule has 20 heavy (non-hydrogen) atoms. The van der Waals surface area contributed by atoms with E-state index in [9.17, 15) is 0 Å². The standard InChI is InChI=1S/C17H23N3/c1-12(2)10-14-4-6-15(7-5-14)11-19-17-9-8-16(18)13(3)20-17/h4-9,12H,10-11,18H2,1-3H3,(H,19,20). The van der Waals surface area contributed by atoms with E-state index in [0.29, 0.717) is 5.92 Å². The van der Waals surface area contributed by atoms with Crippen molar-refractivity contribution in [3.05, 3.63) is 53.2 Å². The number of nitrogen functional groups attached to an aromatic ring is 1. The summed E-state index contributed by atoms with van der Waals surface area (Å²) in [5.41, 5.74) is 10.0. The summed E-state index contributed by atoms with van der Waals surface area (Å²) in [6.07, 6.45) is 1.13. The molecule has 0 saturated heterocycles. The van der Waals surface area contributed by atoms with Gasteiger partial charge in [0.25, 0.3) is 0 Å². The Hall–Kier alpha value is -2.03. The summed E-state index contributed by atoms with van der Waals surface area (Å²) >= 11 is 0. The molecule has 0 bridgehead atoms. The molecule has 0 radical (unpaired) electrons. The lowest BCUT2D eigenvalue weighted by atomic mass is 10.0. The maximum absolute atomic E-state index is 5.76. The summed E-state index contributed by atoms with van der Waals surface area (Å²) in [5, 5.41) is 3.32. The van der Waals surface area contributed by atoms with Gasteiger partial charge in [0.1, 0.15) is 5.82 Å². The number of rotatable bonds is 5. The van der Waals surface area contributed by atoms with Crippen LogP contribution in [0.15, 0.2) is 36.4 Å². The van der Waals surface area contributed by atoms with Crippen LogP contribution < -0.4 is 11.1 Å². The highest BCUT2D eigenvalue weighted by atomic mass is 15.0. The maximum atomic E-state index is 5.76. The van der Waals surface area contributed by atoms with Crippen LogP contribution in [0.5, 0.6) is 0 Å². The zero-order valence-corrected chi connectivity index (χ0v) is 12.5. The Morgan fingerprint density at radius 2 is 1.70 bits per heavy atom. The normalized spacial score (nSPS) is 10.8. The average Bonchev–Trinajstić information content (AvgIpc) is 2.41. The highest BCUT2D eigenvalue weighted by Crippen LogP contribution is 2.14. The van der Waals surface area contributed by atoms with Gasteiger partial charge in [-0.3, -0.25) is 0 Å². The molecule has 0 aliphatic rings. The molecule has 0 unspecified atom stereocenters. The van der Waals surface area contributed by atoms with E-state index in [1.165, 1.54) is 11.1 Å². The fourth-order valence-electron chi connectivity index (χ4n) is 2.13. The Kier molecular flexibility index (Phi) is 4.61. The van der Waals surface area contributed by atoms with E-state index in [-0.39, 0.29) is 0 Å². The van der Waals surface area contributed by atoms with Crippen LogP contribution in [0.1, 0.15) is 30.7 Å². The van der Waals surface area contributed by atoms with Crippen LogP contribution in [0.2, 0.25) is 0 Å². The third-order valence-electron chi connectivity index (χ3n) is 3.27. The lowest BCUT2D eigenvalue weighted by molar-refractivity contribution is 0.647. The SMILES string of the molecule is Cc1nc(NCc2ccc(CC(C)C)cc2)ccc1N. The Bertz CT molecular complexity index is 559. The molecule has 2 rings (SSSR count). The minimum absolute atomic E-state index is 0.695. The minimum Gasteiger partial charge on any atom is -0.397 e. The molecule has 106 valence electrons. The lowest BCUT2D eigenvalue weighted by Gasteiger charge is -2.09. The molecule has 0 amide bonds. The molecule has 0 saturated carbocycles. The number of aryl methyl sites for hydroxylation is 1. The van der Waals surface area contributed by atoms with E-state index >= 15 is 0 Å². The predicted molar refractivity (Wildman–Crippen MR) is 85.7 cm³/mol. The van der Waals surface area contributed by atoms with Crippen molar-refractivity contribution < 1.29 is 0 Å². The molecule has 0 atom stereocenters. The number of nitrogens with two attached hydrogens (primary N) is 1. The van der Waals surface area contributed by atoms with Crippen molar-refractivity contribution >= 4 is 11.5 Å². The summed E-state index contributed by atoms with van der Waals surface area (Å²) in [4.78, 5) is 4.41. The van der Waals surface area contributed by atoms with Crippen LogP contribution >= 0.6 is 0 Å². The molecule has 0 aliphatic heterocycles. The van der Waals surface area contributed by atoms with E-state index in [2.05, 4.69) is 48.4 Å². The maximum Gasteiger partial charge on any atom is 0.126 e. The highest BCUT2D eigenvalue weighted by molar-refractivity contribution is 5.49. The van der Waals surface area contributed by atoms with Crippen LogP contribution in [-0.4, -0.2) is 4.98 Å². The second kappa shape index (κ2) is 6.42. The number of hydrogen-bond acceptors (Lipinski definition) is 3. The topological polar surface area (TPSA) is 50.9 Å². The van der Waals surface area contributed by atoms with Gasteiger partial charge in [0, 0.05) is 6.54 Å². The molecular weight excluding hydrogens is 246 g/mol. The van der Waals surface area contributed by atoms with Gasteiger partial charge in [-0.25, -0.2) is 4.98 Å². The third-order valence-corrected chi connectivity index (χ3v) is 3.27. The summed E-state index contributed by atoms with van der Waals surface area (Å²) < 4.78 is 0. The average molecular weight is 269 g/mol. The summed E-state index contributed by atoms with van der Waals surface area (Å²) in [6.45, 7) is 7.18. The minimum atomic E-state index is 0.695. The summed E-state index contributed by atoms with van der Waals surface area (Å²) in [6, 6.07) is 12.6. The van der Waals surface area contributed by atoms with Crippen molar-refractivity contribution in [2.75, 3.05) is 11.1 Å². The molecule has 3 heteroatoms. The van der Waals surface area contributed by atoms with Crippen LogP contribution in [0, 0.1) is 12.8 Å². The van der Waals surface area contributed by atoms with E-state index in [4.69, 9.17) is 5.73 Å². The van der Waals surface area contributed by atoms with Gasteiger partial charge >= 0.3 is 0 Å². The predicted octanol–water partition coefficient (Wildman–Crippen LogP) is 3.78. The van der Waals surface area contributed by atoms with Gasteiger partial charge in [0.05, 0.1) is 11.4 Å². The van der Waals surface area contributed by atoms with E-state index < -0.39 is 0 Å². The van der Waals surface area contributed by atoms with Crippen molar-refractivity contribution in [2.24, 2.45) is 5.92 Å². The number of pyridine rings is 1. The van der Waals surface area contributed by atoms with Gasteiger partial charge in [-0.05, 0) is 42.5 Å². The van der Waals surface area contributed by atoms with E-state index in [1.54, 1.807) is 0 Å². The molecule has 0 aliphatic carbocycles. The molecule has 0 fully saturated rings. The molecule has 3 nitrogen and oxygen atoms in total. The van der Waals surface area contributed by atoms with Crippen LogP contribution in [0.3, 0.4) is 0 Å². The van der Waals surface area contributed by atoms with E-state index in [1.807, 2.05) is 19.1 Å². The van der Waals surface area contributed by atoms with Crippen LogP contribution in [0.25, 0.3) is 0 Å². The first-order valence-electron chi connectivity index (χ1n) is 7.09. The van der Waals surface area contributed by atoms with Crippen molar-refractivity contribution in [3.8, 4) is 0 Å². The molecule has 1 aromatic heterocycles. The third kappa shape index (κ3) is 3.98. The zero-order valence-electron chi connectivity index (χ0n) is 12.5. The largest absolute Gasteiger partial charge is 0.397 e. The Labute approximate surface area is 121 Å². The Balaban J connectivity index is 1.95. The molecule has 1 aromatic carbocycles.